The highest BCUT2D eigenvalue weighted by molar-refractivity contribution is 7.99. The molecule has 0 fully saturated rings. The quantitative estimate of drug-likeness (QED) is 0.264. The van der Waals surface area contributed by atoms with E-state index < -0.39 is 15.9 Å². The number of carbonyl (C=O) groups excluding carboxylic acids is 2. The number of benzene rings is 3. The van der Waals surface area contributed by atoms with Crippen molar-refractivity contribution in [3.05, 3.63) is 84.4 Å². The monoisotopic (exact) mass is 564 g/mol. The molecule has 4 aromatic rings. The lowest BCUT2D eigenvalue weighted by Gasteiger charge is -2.19. The van der Waals surface area contributed by atoms with Gasteiger partial charge in [-0.1, -0.05) is 55.9 Å². The fourth-order valence-corrected chi connectivity index (χ4v) is 6.17. The molecule has 0 aliphatic heterocycles. The molecule has 0 bridgehead atoms. The van der Waals surface area contributed by atoms with Crippen LogP contribution >= 0.6 is 11.8 Å². The average molecular weight is 565 g/mol. The third kappa shape index (κ3) is 6.36. The Labute approximate surface area is 231 Å². The second kappa shape index (κ2) is 12.2. The van der Waals surface area contributed by atoms with Crippen molar-refractivity contribution >= 4 is 39.3 Å². The maximum Gasteiger partial charge on any atom is 0.248 e. The number of nitrogens with zero attached hydrogens (tertiary/aromatic N) is 4. The minimum Gasteiger partial charge on any atom is -0.366 e. The van der Waals surface area contributed by atoms with E-state index in [2.05, 4.69) is 15.5 Å². The summed E-state index contributed by atoms with van der Waals surface area (Å²) in [4.78, 5) is 24.1. The SMILES string of the molecule is CCN(CC)S(=O)(=O)c1cccc(-c2nnc(SCC(=O)Nc3ccc(C(N)=O)cc3)n2-c2ccccc2)c1. The van der Waals surface area contributed by atoms with Crippen LogP contribution in [0.25, 0.3) is 17.1 Å². The summed E-state index contributed by atoms with van der Waals surface area (Å²) < 4.78 is 29.5. The van der Waals surface area contributed by atoms with E-state index in [0.717, 1.165) is 5.69 Å². The summed E-state index contributed by atoms with van der Waals surface area (Å²) in [5.41, 5.74) is 7.48. The minimum absolute atomic E-state index is 0.0406. The molecule has 0 aliphatic rings. The molecule has 1 heterocycles. The van der Waals surface area contributed by atoms with E-state index in [4.69, 9.17) is 5.73 Å². The molecule has 0 radical (unpaired) electrons. The van der Waals surface area contributed by atoms with Crippen LogP contribution < -0.4 is 11.1 Å². The molecular formula is C27H28N6O4S2. The average Bonchev–Trinajstić information content (AvgIpc) is 3.37. The van der Waals surface area contributed by atoms with E-state index in [1.165, 1.54) is 28.2 Å². The number of carbonyl (C=O) groups is 2. The predicted molar refractivity (Wildman–Crippen MR) is 151 cm³/mol. The Morgan fingerprint density at radius 2 is 1.64 bits per heavy atom. The largest absolute Gasteiger partial charge is 0.366 e. The normalized spacial score (nSPS) is 11.5. The Hall–Kier alpha value is -4.00. The lowest BCUT2D eigenvalue weighted by Crippen LogP contribution is -2.30. The molecule has 12 heteroatoms. The first-order chi connectivity index (χ1) is 18.7. The van der Waals surface area contributed by atoms with Crippen LogP contribution in [0.5, 0.6) is 0 Å². The first-order valence-corrected chi connectivity index (χ1v) is 14.6. The van der Waals surface area contributed by atoms with Crippen LogP contribution in [0, 0.1) is 0 Å². The Balaban J connectivity index is 1.62. The predicted octanol–water partition coefficient (Wildman–Crippen LogP) is 3.79. The van der Waals surface area contributed by atoms with Gasteiger partial charge in [-0.05, 0) is 48.5 Å². The molecule has 0 saturated carbocycles. The van der Waals surface area contributed by atoms with E-state index >= 15 is 0 Å². The molecule has 0 aliphatic carbocycles. The number of para-hydroxylation sites is 1. The van der Waals surface area contributed by atoms with Gasteiger partial charge in [0, 0.05) is 35.6 Å². The van der Waals surface area contributed by atoms with Gasteiger partial charge in [0.15, 0.2) is 11.0 Å². The van der Waals surface area contributed by atoms with Gasteiger partial charge in [-0.3, -0.25) is 14.2 Å². The van der Waals surface area contributed by atoms with Gasteiger partial charge in [-0.2, -0.15) is 4.31 Å². The molecule has 202 valence electrons. The molecule has 39 heavy (non-hydrogen) atoms. The van der Waals surface area contributed by atoms with Gasteiger partial charge in [0.05, 0.1) is 10.6 Å². The van der Waals surface area contributed by atoms with Gasteiger partial charge in [0.2, 0.25) is 21.8 Å². The maximum atomic E-state index is 13.1. The summed E-state index contributed by atoms with van der Waals surface area (Å²) in [6, 6.07) is 22.3. The van der Waals surface area contributed by atoms with E-state index in [1.807, 2.05) is 30.3 Å². The van der Waals surface area contributed by atoms with Crippen molar-refractivity contribution in [2.75, 3.05) is 24.2 Å². The zero-order chi connectivity index (χ0) is 28.0. The van der Waals surface area contributed by atoms with Crippen molar-refractivity contribution in [3.63, 3.8) is 0 Å². The topological polar surface area (TPSA) is 140 Å². The zero-order valence-electron chi connectivity index (χ0n) is 21.4. The number of hydrogen-bond acceptors (Lipinski definition) is 7. The van der Waals surface area contributed by atoms with Crippen LogP contribution in [-0.2, 0) is 14.8 Å². The molecule has 0 saturated heterocycles. The Morgan fingerprint density at radius 3 is 2.28 bits per heavy atom. The molecule has 2 amide bonds. The summed E-state index contributed by atoms with van der Waals surface area (Å²) in [5, 5.41) is 11.9. The number of sulfonamides is 1. The molecule has 10 nitrogen and oxygen atoms in total. The molecule has 3 aromatic carbocycles. The van der Waals surface area contributed by atoms with Crippen LogP contribution in [0.1, 0.15) is 24.2 Å². The summed E-state index contributed by atoms with van der Waals surface area (Å²) >= 11 is 1.19. The van der Waals surface area contributed by atoms with Gasteiger partial charge in [0.1, 0.15) is 0 Å². The third-order valence-corrected chi connectivity index (χ3v) is 8.84. The van der Waals surface area contributed by atoms with E-state index in [9.17, 15) is 18.0 Å². The molecule has 0 spiro atoms. The van der Waals surface area contributed by atoms with Crippen LogP contribution in [-0.4, -0.2) is 58.1 Å². The highest BCUT2D eigenvalue weighted by atomic mass is 32.2. The van der Waals surface area contributed by atoms with Crippen molar-refractivity contribution in [2.24, 2.45) is 5.73 Å². The third-order valence-electron chi connectivity index (χ3n) is 5.87. The number of nitrogens with one attached hydrogen (secondary N) is 1. The first kappa shape index (κ1) is 28.0. The van der Waals surface area contributed by atoms with Crippen molar-refractivity contribution in [2.45, 2.75) is 23.9 Å². The van der Waals surface area contributed by atoms with Gasteiger partial charge in [-0.15, -0.1) is 10.2 Å². The second-order valence-corrected chi connectivity index (χ2v) is 11.3. The highest BCUT2D eigenvalue weighted by Gasteiger charge is 2.24. The summed E-state index contributed by atoms with van der Waals surface area (Å²) in [5.74, 6) is -0.333. The number of primary amides is 1. The molecule has 3 N–H and O–H groups in total. The van der Waals surface area contributed by atoms with Crippen LogP contribution in [0.2, 0.25) is 0 Å². The van der Waals surface area contributed by atoms with Gasteiger partial charge < -0.3 is 11.1 Å². The minimum atomic E-state index is -3.67. The zero-order valence-corrected chi connectivity index (χ0v) is 23.1. The number of hydrogen-bond donors (Lipinski definition) is 2. The van der Waals surface area contributed by atoms with Gasteiger partial charge in [0.25, 0.3) is 0 Å². The first-order valence-electron chi connectivity index (χ1n) is 12.2. The van der Waals surface area contributed by atoms with Crippen LogP contribution in [0.4, 0.5) is 5.69 Å². The fraction of sp³-hybridized carbons (Fsp3) is 0.185. The number of thioether (sulfide) groups is 1. The van der Waals surface area contributed by atoms with Gasteiger partial charge in [-0.25, -0.2) is 8.42 Å². The molecule has 1 aromatic heterocycles. The maximum absolute atomic E-state index is 13.1. The number of nitrogens with two attached hydrogens (primary N) is 1. The Bertz CT molecular complexity index is 1570. The summed E-state index contributed by atoms with van der Waals surface area (Å²) in [6.07, 6.45) is 0. The lowest BCUT2D eigenvalue weighted by molar-refractivity contribution is -0.113. The highest BCUT2D eigenvalue weighted by Crippen LogP contribution is 2.30. The number of aromatic nitrogens is 3. The Kier molecular flexibility index (Phi) is 8.79. The summed E-state index contributed by atoms with van der Waals surface area (Å²) in [7, 11) is -3.67. The molecule has 0 unspecified atom stereocenters. The van der Waals surface area contributed by atoms with Crippen LogP contribution in [0.3, 0.4) is 0 Å². The smallest absolute Gasteiger partial charge is 0.248 e. The molecular weight excluding hydrogens is 536 g/mol. The van der Waals surface area contributed by atoms with Crippen molar-refractivity contribution in [1.82, 2.24) is 19.1 Å². The van der Waals surface area contributed by atoms with E-state index in [1.54, 1.807) is 54.8 Å². The van der Waals surface area contributed by atoms with Crippen molar-refractivity contribution < 1.29 is 18.0 Å². The van der Waals surface area contributed by atoms with Crippen molar-refractivity contribution in [1.29, 1.82) is 0 Å². The van der Waals surface area contributed by atoms with Crippen molar-refractivity contribution in [3.8, 4) is 17.1 Å². The van der Waals surface area contributed by atoms with E-state index in [-0.39, 0.29) is 16.6 Å². The number of amides is 2. The number of rotatable bonds is 11. The number of anilines is 1. The second-order valence-electron chi connectivity index (χ2n) is 8.37. The Morgan fingerprint density at radius 1 is 0.949 bits per heavy atom. The molecule has 4 rings (SSSR count). The standard InChI is InChI=1S/C27H28N6O4S2/c1-3-32(4-2)39(36,37)23-12-8-9-20(17-23)26-30-31-27(33(26)22-10-6-5-7-11-22)38-18-24(34)29-21-15-13-19(14-16-21)25(28)35/h5-17H,3-4,18H2,1-2H3,(H2,28,35)(H,29,34). The molecule has 0 atom stereocenters. The van der Waals surface area contributed by atoms with Gasteiger partial charge >= 0.3 is 0 Å². The lowest BCUT2D eigenvalue weighted by atomic mass is 10.2. The van der Waals surface area contributed by atoms with Crippen LogP contribution in [0.15, 0.2) is 88.9 Å². The summed E-state index contributed by atoms with van der Waals surface area (Å²) in [6.45, 7) is 4.32. The van der Waals surface area contributed by atoms with E-state index in [0.29, 0.717) is 40.9 Å². The fourth-order valence-electron chi connectivity index (χ4n) is 3.91.